The topological polar surface area (TPSA) is 32.5 Å². The Morgan fingerprint density at radius 2 is 1.82 bits per heavy atom. The van der Waals surface area contributed by atoms with Crippen LogP contribution < -0.4 is 10.6 Å². The summed E-state index contributed by atoms with van der Waals surface area (Å²) >= 11 is 0. The van der Waals surface area contributed by atoms with Crippen LogP contribution in [-0.4, -0.2) is 42.7 Å². The first-order valence-corrected chi connectivity index (χ1v) is 11.5. The maximum atomic E-state index is 6.00. The number of anilines is 1. The second-order valence-electron chi connectivity index (χ2n) is 10.9. The van der Waals surface area contributed by atoms with Gasteiger partial charge in [0.05, 0.1) is 0 Å². The van der Waals surface area contributed by atoms with Crippen molar-refractivity contribution < 1.29 is 0 Å². The van der Waals surface area contributed by atoms with E-state index in [1.54, 1.807) is 0 Å². The molecule has 0 spiro atoms. The first-order valence-electron chi connectivity index (χ1n) is 11.5. The second kappa shape index (κ2) is 8.36. The smallest absolute Gasteiger partial charge is 0.0406 e. The largest absolute Gasteiger partial charge is 0.365 e. The molecule has 2 N–H and O–H groups in total. The van der Waals surface area contributed by atoms with Crippen molar-refractivity contribution in [1.82, 2.24) is 4.90 Å². The molecule has 0 aromatic heterocycles. The molecule has 1 saturated heterocycles. The SMILES string of the molecule is CCc1c(C)cccc1N1CCN(CCC2CC(N)C2)CC(C)(C)CC1(C)C. The molecule has 2 aliphatic rings. The molecule has 1 aliphatic heterocycles. The minimum atomic E-state index is 0.161. The van der Waals surface area contributed by atoms with Crippen molar-refractivity contribution in [2.24, 2.45) is 17.1 Å². The minimum absolute atomic E-state index is 0.161. The molecule has 0 radical (unpaired) electrons. The predicted molar refractivity (Wildman–Crippen MR) is 122 cm³/mol. The van der Waals surface area contributed by atoms with Gasteiger partial charge in [0.2, 0.25) is 0 Å². The highest BCUT2D eigenvalue weighted by Crippen LogP contribution is 2.39. The number of benzene rings is 1. The van der Waals surface area contributed by atoms with E-state index >= 15 is 0 Å². The Morgan fingerprint density at radius 3 is 2.46 bits per heavy atom. The molecule has 1 aliphatic carbocycles. The average Bonchev–Trinajstić information content (AvgIpc) is 2.55. The molecule has 1 heterocycles. The van der Waals surface area contributed by atoms with Crippen LogP contribution in [-0.2, 0) is 6.42 Å². The number of nitrogens with zero attached hydrogens (tertiary/aromatic N) is 2. The van der Waals surface area contributed by atoms with Crippen LogP contribution in [0.5, 0.6) is 0 Å². The van der Waals surface area contributed by atoms with Gasteiger partial charge in [0.15, 0.2) is 0 Å². The van der Waals surface area contributed by atoms with E-state index in [0.29, 0.717) is 11.5 Å². The van der Waals surface area contributed by atoms with E-state index in [1.165, 1.54) is 55.6 Å². The standard InChI is InChI=1S/C25H43N3/c1-7-22-19(2)9-8-10-23(22)28-14-13-27(12-11-20-15-21(26)16-20)18-24(3,4)17-25(28,5)6/h8-10,20-21H,7,11-18,26H2,1-6H3. The molecule has 0 amide bonds. The lowest BCUT2D eigenvalue weighted by Crippen LogP contribution is -2.55. The van der Waals surface area contributed by atoms with Crippen molar-refractivity contribution in [3.05, 3.63) is 29.3 Å². The summed E-state index contributed by atoms with van der Waals surface area (Å²) in [5.41, 5.74) is 10.9. The number of nitrogens with two attached hydrogens (primary N) is 1. The third-order valence-corrected chi connectivity index (χ3v) is 7.09. The van der Waals surface area contributed by atoms with Gasteiger partial charge < -0.3 is 15.5 Å². The molecule has 1 aromatic rings. The molecule has 1 saturated carbocycles. The van der Waals surface area contributed by atoms with E-state index in [-0.39, 0.29) is 5.54 Å². The van der Waals surface area contributed by atoms with Gasteiger partial charge in [-0.05, 0) is 87.9 Å². The molecule has 28 heavy (non-hydrogen) atoms. The Bertz CT molecular complexity index is 658. The van der Waals surface area contributed by atoms with Crippen LogP contribution in [0.3, 0.4) is 0 Å². The zero-order valence-corrected chi connectivity index (χ0v) is 19.2. The zero-order chi connectivity index (χ0) is 20.5. The summed E-state index contributed by atoms with van der Waals surface area (Å²) in [6, 6.07) is 7.32. The van der Waals surface area contributed by atoms with Gasteiger partial charge in [-0.1, -0.05) is 32.9 Å². The summed E-state index contributed by atoms with van der Waals surface area (Å²) in [5, 5.41) is 0. The number of hydrogen-bond acceptors (Lipinski definition) is 3. The van der Waals surface area contributed by atoms with E-state index < -0.39 is 0 Å². The molecule has 0 atom stereocenters. The second-order valence-corrected chi connectivity index (χ2v) is 10.9. The molecule has 3 rings (SSSR count). The molecule has 158 valence electrons. The Hall–Kier alpha value is -1.06. The fourth-order valence-electron chi connectivity index (χ4n) is 5.98. The monoisotopic (exact) mass is 385 g/mol. The lowest BCUT2D eigenvalue weighted by Gasteiger charge is -2.50. The highest BCUT2D eigenvalue weighted by Gasteiger charge is 2.38. The van der Waals surface area contributed by atoms with Crippen molar-refractivity contribution in [1.29, 1.82) is 0 Å². The fourth-order valence-corrected chi connectivity index (χ4v) is 5.98. The zero-order valence-electron chi connectivity index (χ0n) is 19.2. The van der Waals surface area contributed by atoms with Gasteiger partial charge in [-0.2, -0.15) is 0 Å². The first-order chi connectivity index (χ1) is 13.1. The summed E-state index contributed by atoms with van der Waals surface area (Å²) in [6.45, 7) is 19.1. The van der Waals surface area contributed by atoms with Crippen LogP contribution in [0.2, 0.25) is 0 Å². The summed E-state index contributed by atoms with van der Waals surface area (Å²) in [5.74, 6) is 0.861. The fraction of sp³-hybridized carbons (Fsp3) is 0.760. The first kappa shape index (κ1) is 21.6. The van der Waals surface area contributed by atoms with Gasteiger partial charge in [0, 0.05) is 36.9 Å². The van der Waals surface area contributed by atoms with Crippen LogP contribution >= 0.6 is 0 Å². The molecule has 1 aromatic carbocycles. The van der Waals surface area contributed by atoms with Crippen LogP contribution in [0, 0.1) is 18.3 Å². The van der Waals surface area contributed by atoms with Crippen molar-refractivity contribution >= 4 is 5.69 Å². The summed E-state index contributed by atoms with van der Waals surface area (Å²) in [6.07, 6.45) is 6.10. The third kappa shape index (κ3) is 4.91. The molecular formula is C25H43N3. The van der Waals surface area contributed by atoms with Gasteiger partial charge in [-0.25, -0.2) is 0 Å². The maximum absolute atomic E-state index is 6.00. The Morgan fingerprint density at radius 1 is 1.11 bits per heavy atom. The molecule has 2 fully saturated rings. The van der Waals surface area contributed by atoms with E-state index in [0.717, 1.165) is 25.4 Å². The summed E-state index contributed by atoms with van der Waals surface area (Å²) in [7, 11) is 0. The molecular weight excluding hydrogens is 342 g/mol. The molecule has 3 nitrogen and oxygen atoms in total. The van der Waals surface area contributed by atoms with Gasteiger partial charge in [-0.15, -0.1) is 0 Å². The van der Waals surface area contributed by atoms with Crippen LogP contribution in [0.15, 0.2) is 18.2 Å². The van der Waals surface area contributed by atoms with E-state index in [1.807, 2.05) is 0 Å². The van der Waals surface area contributed by atoms with Crippen molar-refractivity contribution in [3.63, 3.8) is 0 Å². The quantitative estimate of drug-likeness (QED) is 0.774. The normalized spacial score (nSPS) is 27.8. The molecule has 0 bridgehead atoms. The highest BCUT2D eigenvalue weighted by atomic mass is 15.3. The maximum Gasteiger partial charge on any atom is 0.0406 e. The van der Waals surface area contributed by atoms with Crippen LogP contribution in [0.1, 0.15) is 71.4 Å². The van der Waals surface area contributed by atoms with E-state index in [2.05, 4.69) is 69.5 Å². The van der Waals surface area contributed by atoms with E-state index in [4.69, 9.17) is 5.73 Å². The number of aryl methyl sites for hydroxylation is 1. The predicted octanol–water partition coefficient (Wildman–Crippen LogP) is 5.00. The van der Waals surface area contributed by atoms with Crippen molar-refractivity contribution in [2.75, 3.05) is 31.1 Å². The van der Waals surface area contributed by atoms with Crippen LogP contribution in [0.25, 0.3) is 0 Å². The van der Waals surface area contributed by atoms with Crippen molar-refractivity contribution in [2.45, 2.75) is 85.2 Å². The minimum Gasteiger partial charge on any atom is -0.365 e. The van der Waals surface area contributed by atoms with Gasteiger partial charge in [-0.3, -0.25) is 0 Å². The lowest BCUT2D eigenvalue weighted by molar-refractivity contribution is 0.112. The van der Waals surface area contributed by atoms with Gasteiger partial charge in [0.1, 0.15) is 0 Å². The highest BCUT2D eigenvalue weighted by molar-refractivity contribution is 5.58. The number of rotatable bonds is 5. The lowest BCUT2D eigenvalue weighted by atomic mass is 9.76. The molecule has 0 unspecified atom stereocenters. The van der Waals surface area contributed by atoms with Gasteiger partial charge >= 0.3 is 0 Å². The van der Waals surface area contributed by atoms with Gasteiger partial charge in [0.25, 0.3) is 0 Å². The molecule has 3 heteroatoms. The third-order valence-electron chi connectivity index (χ3n) is 7.09. The number of hydrogen-bond donors (Lipinski definition) is 1. The Balaban J connectivity index is 1.79. The Kier molecular flexibility index (Phi) is 6.46. The van der Waals surface area contributed by atoms with E-state index in [9.17, 15) is 0 Å². The summed E-state index contributed by atoms with van der Waals surface area (Å²) in [4.78, 5) is 5.44. The Labute approximate surface area is 173 Å². The van der Waals surface area contributed by atoms with Crippen LogP contribution in [0.4, 0.5) is 5.69 Å². The summed E-state index contributed by atoms with van der Waals surface area (Å²) < 4.78 is 0. The average molecular weight is 386 g/mol. The van der Waals surface area contributed by atoms with Crippen molar-refractivity contribution in [3.8, 4) is 0 Å².